The van der Waals surface area contributed by atoms with Gasteiger partial charge in [-0.3, -0.25) is 9.59 Å². The van der Waals surface area contributed by atoms with Crippen LogP contribution in [0.5, 0.6) is 5.75 Å². The van der Waals surface area contributed by atoms with Crippen LogP contribution < -0.4 is 11.2 Å². The van der Waals surface area contributed by atoms with Crippen LogP contribution in [0.1, 0.15) is 15.9 Å². The number of aromatic nitrogens is 1. The Bertz CT molecular complexity index is 1050. The molecule has 138 valence electrons. The third-order valence-electron chi connectivity index (χ3n) is 3.79. The fraction of sp³-hybridized carbons (Fsp3) is 0.0556. The van der Waals surface area contributed by atoms with Gasteiger partial charge in [0, 0.05) is 28.2 Å². The summed E-state index contributed by atoms with van der Waals surface area (Å²) in [5.41, 5.74) is 9.63. The molecule has 0 spiro atoms. The van der Waals surface area contributed by atoms with Crippen molar-refractivity contribution >= 4 is 60.8 Å². The molecular weight excluding hydrogens is 480 g/mol. The van der Waals surface area contributed by atoms with Gasteiger partial charge in [0.05, 0.1) is 15.2 Å². The molecule has 0 aliphatic rings. The molecule has 1 aromatic heterocycles. The first-order valence-electron chi connectivity index (χ1n) is 7.74. The fourth-order valence-corrected chi connectivity index (χ4v) is 3.78. The third kappa shape index (κ3) is 4.20. The van der Waals surface area contributed by atoms with Crippen molar-refractivity contribution in [1.29, 1.82) is 0 Å². The number of phenols is 1. The number of hydrazone groups is 1. The Morgan fingerprint density at radius 3 is 2.56 bits per heavy atom. The van der Waals surface area contributed by atoms with Crippen molar-refractivity contribution in [3.05, 3.63) is 62.7 Å². The molecule has 0 radical (unpaired) electrons. The molecule has 3 aromatic rings. The largest absolute Gasteiger partial charge is 0.506 e. The lowest BCUT2D eigenvalue weighted by Gasteiger charge is -2.04. The number of amides is 2. The Labute approximate surface area is 171 Å². The minimum Gasteiger partial charge on any atom is -0.506 e. The number of halogens is 2. The van der Waals surface area contributed by atoms with E-state index >= 15 is 0 Å². The van der Waals surface area contributed by atoms with Crippen LogP contribution >= 0.6 is 31.9 Å². The molecule has 2 aromatic carbocycles. The molecular formula is C18H14Br2N4O3. The van der Waals surface area contributed by atoms with Crippen LogP contribution in [-0.2, 0) is 11.3 Å². The van der Waals surface area contributed by atoms with Gasteiger partial charge in [-0.2, -0.15) is 5.10 Å². The Balaban J connectivity index is 1.82. The maximum atomic E-state index is 12.3. The van der Waals surface area contributed by atoms with Gasteiger partial charge in [-0.05, 0) is 50.1 Å². The Morgan fingerprint density at radius 1 is 1.22 bits per heavy atom. The molecule has 0 bridgehead atoms. The predicted molar refractivity (Wildman–Crippen MR) is 110 cm³/mol. The van der Waals surface area contributed by atoms with E-state index in [-0.39, 0.29) is 12.3 Å². The van der Waals surface area contributed by atoms with Crippen LogP contribution in [0.2, 0.25) is 0 Å². The highest BCUT2D eigenvalue weighted by molar-refractivity contribution is 9.11. The topological polar surface area (TPSA) is 110 Å². The first-order valence-corrected chi connectivity index (χ1v) is 9.33. The van der Waals surface area contributed by atoms with E-state index < -0.39 is 11.8 Å². The van der Waals surface area contributed by atoms with Crippen LogP contribution in [0.3, 0.4) is 0 Å². The number of fused-ring (bicyclic) bond motifs is 1. The van der Waals surface area contributed by atoms with Gasteiger partial charge >= 0.3 is 0 Å². The van der Waals surface area contributed by atoms with Crippen LogP contribution in [0.4, 0.5) is 0 Å². The number of carbonyl (C=O) groups excluding carboxylic acids is 2. The molecule has 0 fully saturated rings. The average molecular weight is 494 g/mol. The number of rotatable bonds is 5. The lowest BCUT2D eigenvalue weighted by Crippen LogP contribution is -2.18. The Kier molecular flexibility index (Phi) is 5.62. The molecule has 3 rings (SSSR count). The van der Waals surface area contributed by atoms with E-state index in [1.807, 2.05) is 24.3 Å². The number of carbonyl (C=O) groups is 2. The smallest absolute Gasteiger partial charge is 0.271 e. The van der Waals surface area contributed by atoms with E-state index in [0.29, 0.717) is 14.5 Å². The molecule has 9 heteroatoms. The minimum absolute atomic E-state index is 0.0114. The van der Waals surface area contributed by atoms with Gasteiger partial charge in [0.2, 0.25) is 5.91 Å². The number of nitrogens with zero attached hydrogens (tertiary/aromatic N) is 2. The van der Waals surface area contributed by atoms with Crippen molar-refractivity contribution < 1.29 is 14.7 Å². The van der Waals surface area contributed by atoms with Crippen molar-refractivity contribution in [2.45, 2.75) is 6.54 Å². The van der Waals surface area contributed by atoms with E-state index in [2.05, 4.69) is 42.4 Å². The summed E-state index contributed by atoms with van der Waals surface area (Å²) in [5.74, 6) is -0.873. The Hall–Kier alpha value is -2.65. The second-order valence-corrected chi connectivity index (χ2v) is 7.39. The summed E-state index contributed by atoms with van der Waals surface area (Å²) in [5, 5.41) is 14.6. The molecule has 1 heterocycles. The van der Waals surface area contributed by atoms with Gasteiger partial charge in [0.25, 0.3) is 5.91 Å². The van der Waals surface area contributed by atoms with Crippen LogP contribution in [-0.4, -0.2) is 27.7 Å². The van der Waals surface area contributed by atoms with Gasteiger partial charge in [-0.1, -0.05) is 18.2 Å². The summed E-state index contributed by atoms with van der Waals surface area (Å²) in [4.78, 5) is 23.5. The lowest BCUT2D eigenvalue weighted by molar-refractivity contribution is -0.118. The maximum absolute atomic E-state index is 12.3. The highest BCUT2D eigenvalue weighted by Crippen LogP contribution is 2.33. The zero-order valence-electron chi connectivity index (χ0n) is 13.8. The first kappa shape index (κ1) is 19.1. The monoisotopic (exact) mass is 492 g/mol. The molecule has 7 nitrogen and oxygen atoms in total. The number of primary amides is 1. The molecule has 0 atom stereocenters. The quantitative estimate of drug-likeness (QED) is 0.375. The highest BCUT2D eigenvalue weighted by atomic mass is 79.9. The number of phenolic OH excluding ortho intramolecular Hbond substituents is 1. The molecule has 27 heavy (non-hydrogen) atoms. The number of nitrogens with one attached hydrogen (secondary N) is 1. The molecule has 0 aliphatic carbocycles. The normalized spacial score (nSPS) is 11.2. The molecule has 0 saturated carbocycles. The summed E-state index contributed by atoms with van der Waals surface area (Å²) in [6.45, 7) is 0.0519. The van der Waals surface area contributed by atoms with E-state index in [9.17, 15) is 14.7 Å². The van der Waals surface area contributed by atoms with Crippen molar-refractivity contribution in [3.8, 4) is 5.75 Å². The van der Waals surface area contributed by atoms with Crippen molar-refractivity contribution in [3.63, 3.8) is 0 Å². The van der Waals surface area contributed by atoms with E-state index in [0.717, 1.165) is 16.5 Å². The van der Waals surface area contributed by atoms with Gasteiger partial charge in [-0.15, -0.1) is 0 Å². The number of aromatic hydroxyl groups is 1. The second-order valence-electron chi connectivity index (χ2n) is 5.68. The maximum Gasteiger partial charge on any atom is 0.271 e. The van der Waals surface area contributed by atoms with E-state index in [1.165, 1.54) is 18.3 Å². The number of hydrogen-bond donors (Lipinski definition) is 3. The van der Waals surface area contributed by atoms with Crippen molar-refractivity contribution in [2.24, 2.45) is 10.8 Å². The van der Waals surface area contributed by atoms with Crippen LogP contribution in [0, 0.1) is 0 Å². The van der Waals surface area contributed by atoms with Gasteiger partial charge < -0.3 is 15.4 Å². The van der Waals surface area contributed by atoms with Crippen molar-refractivity contribution in [2.75, 3.05) is 0 Å². The van der Waals surface area contributed by atoms with E-state index in [4.69, 9.17) is 5.73 Å². The highest BCUT2D eigenvalue weighted by Gasteiger charge is 2.12. The average Bonchev–Trinajstić information content (AvgIpc) is 2.96. The zero-order chi connectivity index (χ0) is 19.6. The lowest BCUT2D eigenvalue weighted by atomic mass is 10.2. The molecule has 2 amide bonds. The third-order valence-corrected chi connectivity index (χ3v) is 5.00. The predicted octanol–water partition coefficient (Wildman–Crippen LogP) is 3.12. The van der Waals surface area contributed by atoms with Crippen molar-refractivity contribution in [1.82, 2.24) is 9.99 Å². The summed E-state index contributed by atoms with van der Waals surface area (Å²) < 4.78 is 2.51. The first-order chi connectivity index (χ1) is 12.9. The number of para-hydroxylation sites is 1. The summed E-state index contributed by atoms with van der Waals surface area (Å²) >= 11 is 6.36. The fourth-order valence-electron chi connectivity index (χ4n) is 2.60. The van der Waals surface area contributed by atoms with Crippen LogP contribution in [0.25, 0.3) is 10.9 Å². The summed E-state index contributed by atoms with van der Waals surface area (Å²) in [6, 6.07) is 10.5. The molecule has 4 N–H and O–H groups in total. The molecule has 0 unspecified atom stereocenters. The molecule has 0 saturated heterocycles. The van der Waals surface area contributed by atoms with Gasteiger partial charge in [0.15, 0.2) is 0 Å². The summed E-state index contributed by atoms with van der Waals surface area (Å²) in [6.07, 6.45) is 3.25. The van der Waals surface area contributed by atoms with Gasteiger partial charge in [-0.25, -0.2) is 5.43 Å². The van der Waals surface area contributed by atoms with Gasteiger partial charge in [0.1, 0.15) is 12.3 Å². The van der Waals surface area contributed by atoms with E-state index in [1.54, 1.807) is 10.8 Å². The zero-order valence-corrected chi connectivity index (χ0v) is 17.0. The van der Waals surface area contributed by atoms with Crippen LogP contribution in [0.15, 0.2) is 56.6 Å². The SMILES string of the molecule is NC(=O)Cn1cc(C=NNC(=O)c2cc(Br)c(O)c(Br)c2)c2ccccc21. The minimum atomic E-state index is -0.448. The standard InChI is InChI=1S/C18H14Br2N4O3/c19-13-5-10(6-14(20)17(13)26)18(27)23-22-7-11-8-24(9-16(21)25)15-4-2-1-3-12(11)15/h1-8,26H,9H2,(H2,21,25)(H,23,27). The number of hydrogen-bond acceptors (Lipinski definition) is 4. The second kappa shape index (κ2) is 7.93. The Morgan fingerprint density at radius 2 is 1.89 bits per heavy atom. The summed E-state index contributed by atoms with van der Waals surface area (Å²) in [7, 11) is 0. The number of nitrogens with two attached hydrogens (primary N) is 1. The molecule has 0 aliphatic heterocycles. The number of benzene rings is 2.